The molecule has 17 heavy (non-hydrogen) atoms. The first kappa shape index (κ1) is 13.8. The van der Waals surface area contributed by atoms with E-state index in [0.717, 1.165) is 24.2 Å². The normalized spacial score (nSPS) is 12.5. The topological polar surface area (TPSA) is 69.7 Å². The second kappa shape index (κ2) is 6.47. The fourth-order valence-corrected chi connectivity index (χ4v) is 1.87. The summed E-state index contributed by atoms with van der Waals surface area (Å²) < 4.78 is 0. The summed E-state index contributed by atoms with van der Waals surface area (Å²) in [5.74, 6) is 0.219. The largest absolute Gasteiger partial charge is 0.508 e. The molecule has 0 aliphatic rings. The van der Waals surface area contributed by atoms with Crippen molar-refractivity contribution in [1.29, 1.82) is 0 Å². The zero-order valence-corrected chi connectivity index (χ0v) is 10.6. The maximum Gasteiger partial charge on any atom is 0.122 e. The van der Waals surface area contributed by atoms with Crippen molar-refractivity contribution in [2.75, 3.05) is 24.6 Å². The van der Waals surface area contributed by atoms with Crippen LogP contribution in [0.2, 0.25) is 0 Å². The minimum atomic E-state index is -0.179. The number of anilines is 1. The van der Waals surface area contributed by atoms with Gasteiger partial charge in [-0.1, -0.05) is 13.0 Å². The number of aromatic hydroxyl groups is 1. The smallest absolute Gasteiger partial charge is 0.122 e. The average Bonchev–Trinajstić information content (AvgIpc) is 2.28. The van der Waals surface area contributed by atoms with Crippen molar-refractivity contribution in [2.45, 2.75) is 26.3 Å². The fourth-order valence-electron chi connectivity index (χ4n) is 1.87. The Balaban J connectivity index is 2.93. The second-order valence-corrected chi connectivity index (χ2v) is 4.24. The first-order valence-electron chi connectivity index (χ1n) is 6.04. The summed E-state index contributed by atoms with van der Waals surface area (Å²) in [6, 6.07) is 5.31. The van der Waals surface area contributed by atoms with Crippen LogP contribution in [-0.4, -0.2) is 29.9 Å². The van der Waals surface area contributed by atoms with E-state index in [2.05, 4.69) is 6.92 Å². The molecule has 1 aromatic carbocycles. The average molecular weight is 238 g/mol. The number of phenolic OH excluding ortho intramolecular Hbond substituents is 1. The maximum atomic E-state index is 9.88. The van der Waals surface area contributed by atoms with Crippen LogP contribution in [0.25, 0.3) is 0 Å². The molecule has 1 atom stereocenters. The lowest BCUT2D eigenvalue weighted by molar-refractivity contribution is 0.301. The predicted octanol–water partition coefficient (Wildman–Crippen LogP) is 1.62. The van der Waals surface area contributed by atoms with Crippen LogP contribution >= 0.6 is 0 Å². The van der Waals surface area contributed by atoms with Crippen molar-refractivity contribution < 1.29 is 10.2 Å². The number of hydrogen-bond donors (Lipinski definition) is 3. The standard InChI is InChI=1S/C13H22N2O2/c1-3-6-15(7-8-16)11-4-5-12(10(2)14)13(17)9-11/h4-5,9-10,16-17H,3,6-8,14H2,1-2H3. The van der Waals surface area contributed by atoms with E-state index in [4.69, 9.17) is 10.8 Å². The Morgan fingerprint density at radius 2 is 2.06 bits per heavy atom. The molecule has 0 fully saturated rings. The Morgan fingerprint density at radius 1 is 1.35 bits per heavy atom. The van der Waals surface area contributed by atoms with Gasteiger partial charge in [0.15, 0.2) is 0 Å². The van der Waals surface area contributed by atoms with Crippen LogP contribution in [0.5, 0.6) is 5.75 Å². The van der Waals surface area contributed by atoms with Crippen molar-refractivity contribution in [3.05, 3.63) is 23.8 Å². The number of benzene rings is 1. The molecule has 1 rings (SSSR count). The molecule has 4 heteroatoms. The van der Waals surface area contributed by atoms with E-state index < -0.39 is 0 Å². The molecule has 0 aromatic heterocycles. The van der Waals surface area contributed by atoms with E-state index in [1.807, 2.05) is 24.0 Å². The van der Waals surface area contributed by atoms with Crippen LogP contribution in [0.3, 0.4) is 0 Å². The highest BCUT2D eigenvalue weighted by atomic mass is 16.3. The third-order valence-electron chi connectivity index (χ3n) is 2.73. The molecule has 0 radical (unpaired) electrons. The summed E-state index contributed by atoms with van der Waals surface area (Å²) in [5, 5.41) is 18.9. The molecule has 0 heterocycles. The lowest BCUT2D eigenvalue weighted by Gasteiger charge is -2.24. The molecule has 96 valence electrons. The van der Waals surface area contributed by atoms with Gasteiger partial charge in [0.1, 0.15) is 5.75 Å². The van der Waals surface area contributed by atoms with E-state index >= 15 is 0 Å². The van der Waals surface area contributed by atoms with Crippen molar-refractivity contribution in [2.24, 2.45) is 5.73 Å². The van der Waals surface area contributed by atoms with Gasteiger partial charge in [0.25, 0.3) is 0 Å². The fraction of sp³-hybridized carbons (Fsp3) is 0.538. The number of hydrogen-bond acceptors (Lipinski definition) is 4. The number of nitrogens with two attached hydrogens (primary N) is 1. The molecule has 0 bridgehead atoms. The third kappa shape index (κ3) is 3.61. The number of aliphatic hydroxyl groups is 1. The Bertz CT molecular complexity index is 347. The molecular formula is C13H22N2O2. The molecule has 0 amide bonds. The summed E-state index contributed by atoms with van der Waals surface area (Å²) in [7, 11) is 0. The van der Waals surface area contributed by atoms with Crippen LogP contribution < -0.4 is 10.6 Å². The van der Waals surface area contributed by atoms with Gasteiger partial charge in [0.05, 0.1) is 6.61 Å². The van der Waals surface area contributed by atoms with Gasteiger partial charge in [-0.25, -0.2) is 0 Å². The molecule has 0 aliphatic carbocycles. The minimum Gasteiger partial charge on any atom is -0.508 e. The lowest BCUT2D eigenvalue weighted by atomic mass is 10.1. The Morgan fingerprint density at radius 3 is 2.53 bits per heavy atom. The molecule has 4 N–H and O–H groups in total. The monoisotopic (exact) mass is 238 g/mol. The van der Waals surface area contributed by atoms with Gasteiger partial charge in [-0.3, -0.25) is 0 Å². The number of aliphatic hydroxyl groups excluding tert-OH is 1. The van der Waals surface area contributed by atoms with Crippen molar-refractivity contribution in [3.8, 4) is 5.75 Å². The molecule has 0 saturated carbocycles. The lowest BCUT2D eigenvalue weighted by Crippen LogP contribution is -2.27. The first-order valence-corrected chi connectivity index (χ1v) is 6.04. The van der Waals surface area contributed by atoms with E-state index in [1.165, 1.54) is 0 Å². The molecule has 0 aliphatic heterocycles. The molecule has 1 aromatic rings. The van der Waals surface area contributed by atoms with E-state index in [9.17, 15) is 5.11 Å². The zero-order chi connectivity index (χ0) is 12.8. The summed E-state index contributed by atoms with van der Waals surface area (Å²) >= 11 is 0. The Labute approximate surface area is 103 Å². The van der Waals surface area contributed by atoms with Crippen molar-refractivity contribution in [1.82, 2.24) is 0 Å². The van der Waals surface area contributed by atoms with Crippen LogP contribution in [0, 0.1) is 0 Å². The summed E-state index contributed by atoms with van der Waals surface area (Å²) in [6.45, 7) is 5.46. The number of rotatable bonds is 6. The van der Waals surface area contributed by atoms with Gasteiger partial charge >= 0.3 is 0 Å². The number of nitrogens with zero attached hydrogens (tertiary/aromatic N) is 1. The summed E-state index contributed by atoms with van der Waals surface area (Å²) in [4.78, 5) is 2.05. The molecular weight excluding hydrogens is 216 g/mol. The van der Waals surface area contributed by atoms with Crippen molar-refractivity contribution >= 4 is 5.69 Å². The van der Waals surface area contributed by atoms with Crippen LogP contribution in [0.15, 0.2) is 18.2 Å². The predicted molar refractivity (Wildman–Crippen MR) is 70.3 cm³/mol. The van der Waals surface area contributed by atoms with Gasteiger partial charge in [0.2, 0.25) is 0 Å². The van der Waals surface area contributed by atoms with Gasteiger partial charge in [-0.15, -0.1) is 0 Å². The molecule has 4 nitrogen and oxygen atoms in total. The van der Waals surface area contributed by atoms with Gasteiger partial charge < -0.3 is 20.8 Å². The van der Waals surface area contributed by atoms with Gasteiger partial charge in [-0.2, -0.15) is 0 Å². The van der Waals surface area contributed by atoms with Crippen LogP contribution in [-0.2, 0) is 0 Å². The Kier molecular flexibility index (Phi) is 5.25. The Hall–Kier alpha value is -1.26. The van der Waals surface area contributed by atoms with Crippen LogP contribution in [0.1, 0.15) is 31.9 Å². The highest BCUT2D eigenvalue weighted by molar-refractivity contribution is 5.54. The van der Waals surface area contributed by atoms with E-state index in [0.29, 0.717) is 6.54 Å². The maximum absolute atomic E-state index is 9.88. The number of phenols is 1. The highest BCUT2D eigenvalue weighted by Gasteiger charge is 2.10. The first-order chi connectivity index (χ1) is 8.10. The summed E-state index contributed by atoms with van der Waals surface area (Å²) in [5.41, 5.74) is 7.41. The summed E-state index contributed by atoms with van der Waals surface area (Å²) in [6.07, 6.45) is 0.996. The highest BCUT2D eigenvalue weighted by Crippen LogP contribution is 2.28. The molecule has 0 saturated heterocycles. The van der Waals surface area contributed by atoms with Crippen LogP contribution in [0.4, 0.5) is 5.69 Å². The second-order valence-electron chi connectivity index (χ2n) is 4.24. The zero-order valence-electron chi connectivity index (χ0n) is 10.6. The SMILES string of the molecule is CCCN(CCO)c1ccc(C(C)N)c(O)c1. The van der Waals surface area contributed by atoms with E-state index in [-0.39, 0.29) is 18.4 Å². The molecule has 0 spiro atoms. The van der Waals surface area contributed by atoms with Gasteiger partial charge in [-0.05, 0) is 19.4 Å². The van der Waals surface area contributed by atoms with Crippen molar-refractivity contribution in [3.63, 3.8) is 0 Å². The minimum absolute atomic E-state index is 0.107. The van der Waals surface area contributed by atoms with Gasteiger partial charge in [0, 0.05) is 36.4 Å². The van der Waals surface area contributed by atoms with E-state index in [1.54, 1.807) is 6.07 Å². The third-order valence-corrected chi connectivity index (χ3v) is 2.73. The molecule has 1 unspecified atom stereocenters. The quantitative estimate of drug-likeness (QED) is 0.704.